The molecule has 92 valence electrons. The lowest BCUT2D eigenvalue weighted by Crippen LogP contribution is -2.08. The molecule has 0 saturated heterocycles. The van der Waals surface area contributed by atoms with Crippen LogP contribution < -0.4 is 0 Å². The zero-order valence-electron chi connectivity index (χ0n) is 9.10. The summed E-state index contributed by atoms with van der Waals surface area (Å²) in [5, 5.41) is 9.37. The number of halogens is 1. The molecular weight excluding hydrogens is 247 g/mol. The van der Waals surface area contributed by atoms with Gasteiger partial charge in [0, 0.05) is 0 Å². The topological polar surface area (TPSA) is 63.6 Å². The maximum absolute atomic E-state index is 12.9. The van der Waals surface area contributed by atoms with E-state index in [0.717, 1.165) is 30.0 Å². The maximum Gasteiger partial charge on any atom is 0.315 e. The Morgan fingerprint density at radius 1 is 1.41 bits per heavy atom. The van der Waals surface area contributed by atoms with Gasteiger partial charge in [0.1, 0.15) is 11.6 Å². The van der Waals surface area contributed by atoms with E-state index >= 15 is 0 Å². The van der Waals surface area contributed by atoms with E-state index in [9.17, 15) is 19.1 Å². The Bertz CT molecular complexity index is 433. The van der Waals surface area contributed by atoms with E-state index in [0.29, 0.717) is 0 Å². The summed E-state index contributed by atoms with van der Waals surface area (Å²) in [5.74, 6) is -1.72. The molecule has 0 radical (unpaired) electrons. The highest BCUT2D eigenvalue weighted by Crippen LogP contribution is 2.20. The number of esters is 1. The maximum atomic E-state index is 12.9. The van der Waals surface area contributed by atoms with E-state index in [1.165, 1.54) is 7.11 Å². The van der Waals surface area contributed by atoms with Gasteiger partial charge in [-0.15, -0.1) is 11.8 Å². The summed E-state index contributed by atoms with van der Waals surface area (Å²) in [6.45, 7) is 0. The molecule has 0 aliphatic rings. The quantitative estimate of drug-likeness (QED) is 0.642. The Balaban J connectivity index is 2.58. The van der Waals surface area contributed by atoms with E-state index in [-0.39, 0.29) is 22.8 Å². The molecule has 0 fully saturated rings. The second-order valence-electron chi connectivity index (χ2n) is 3.15. The van der Waals surface area contributed by atoms with Gasteiger partial charge in [-0.3, -0.25) is 9.59 Å². The number of carbonyl (C=O) groups is 2. The number of Topliss-reactive ketones (excluding diaryl/α,β-unsaturated/α-hetero) is 1. The highest BCUT2D eigenvalue weighted by molar-refractivity contribution is 8.00. The summed E-state index contributed by atoms with van der Waals surface area (Å²) < 4.78 is 17.3. The van der Waals surface area contributed by atoms with Crippen molar-refractivity contribution in [3.63, 3.8) is 0 Å². The fourth-order valence-corrected chi connectivity index (χ4v) is 1.82. The van der Waals surface area contributed by atoms with Crippen molar-refractivity contribution in [3.05, 3.63) is 29.6 Å². The van der Waals surface area contributed by atoms with Crippen molar-refractivity contribution >= 4 is 23.5 Å². The van der Waals surface area contributed by atoms with Gasteiger partial charge in [-0.2, -0.15) is 0 Å². The highest BCUT2D eigenvalue weighted by Gasteiger charge is 2.13. The third-order valence-electron chi connectivity index (χ3n) is 1.94. The molecule has 0 saturated carbocycles. The smallest absolute Gasteiger partial charge is 0.315 e. The van der Waals surface area contributed by atoms with Crippen LogP contribution in [-0.2, 0) is 9.53 Å². The van der Waals surface area contributed by atoms with Crippen LogP contribution in [-0.4, -0.2) is 35.5 Å². The number of ketones is 1. The number of benzene rings is 1. The number of phenols is 1. The molecule has 0 heterocycles. The van der Waals surface area contributed by atoms with Crippen molar-refractivity contribution in [2.45, 2.75) is 0 Å². The Hall–Kier alpha value is -1.56. The molecule has 0 atom stereocenters. The van der Waals surface area contributed by atoms with E-state index in [4.69, 9.17) is 0 Å². The van der Waals surface area contributed by atoms with Crippen LogP contribution >= 0.6 is 11.8 Å². The Morgan fingerprint density at radius 3 is 2.76 bits per heavy atom. The monoisotopic (exact) mass is 258 g/mol. The molecule has 1 N–H and O–H groups in total. The number of ether oxygens (including phenoxy) is 1. The molecule has 6 heteroatoms. The van der Waals surface area contributed by atoms with Crippen LogP contribution in [0.2, 0.25) is 0 Å². The SMILES string of the molecule is COC(=O)CSCC(=O)c1cc(F)ccc1O. The second-order valence-corrected chi connectivity index (χ2v) is 4.14. The van der Waals surface area contributed by atoms with Gasteiger partial charge < -0.3 is 9.84 Å². The van der Waals surface area contributed by atoms with Crippen LogP contribution in [0.25, 0.3) is 0 Å². The molecule has 0 unspecified atom stereocenters. The first-order valence-electron chi connectivity index (χ1n) is 4.71. The molecule has 4 nitrogen and oxygen atoms in total. The van der Waals surface area contributed by atoms with Crippen molar-refractivity contribution in [2.24, 2.45) is 0 Å². The minimum Gasteiger partial charge on any atom is -0.507 e. The van der Waals surface area contributed by atoms with Crippen LogP contribution in [0.1, 0.15) is 10.4 Å². The van der Waals surface area contributed by atoms with Gasteiger partial charge in [0.15, 0.2) is 5.78 Å². The summed E-state index contributed by atoms with van der Waals surface area (Å²) >= 11 is 1.05. The zero-order valence-corrected chi connectivity index (χ0v) is 9.92. The van der Waals surface area contributed by atoms with Crippen molar-refractivity contribution in [3.8, 4) is 5.75 Å². The molecule has 1 aromatic carbocycles. The fourth-order valence-electron chi connectivity index (χ4n) is 1.10. The molecule has 0 spiro atoms. The number of carbonyl (C=O) groups excluding carboxylic acids is 2. The lowest BCUT2D eigenvalue weighted by atomic mass is 10.1. The summed E-state index contributed by atoms with van der Waals surface area (Å²) in [6.07, 6.45) is 0. The zero-order chi connectivity index (χ0) is 12.8. The number of phenolic OH excluding ortho intramolecular Hbond substituents is 1. The van der Waals surface area contributed by atoms with Crippen molar-refractivity contribution in [1.82, 2.24) is 0 Å². The summed E-state index contributed by atoms with van der Waals surface area (Å²) in [5.41, 5.74) is -0.0811. The number of thioether (sulfide) groups is 1. The van der Waals surface area contributed by atoms with Crippen LogP contribution in [0.5, 0.6) is 5.75 Å². The first-order valence-corrected chi connectivity index (χ1v) is 5.86. The van der Waals surface area contributed by atoms with E-state index in [1.54, 1.807) is 0 Å². The van der Waals surface area contributed by atoms with Crippen molar-refractivity contribution in [2.75, 3.05) is 18.6 Å². The summed E-state index contributed by atoms with van der Waals surface area (Å²) in [7, 11) is 1.25. The van der Waals surface area contributed by atoms with Gasteiger partial charge in [-0.05, 0) is 18.2 Å². The summed E-state index contributed by atoms with van der Waals surface area (Å²) in [4.78, 5) is 22.4. The average Bonchev–Trinajstić information content (AvgIpc) is 2.31. The molecule has 1 rings (SSSR count). The largest absolute Gasteiger partial charge is 0.507 e. The summed E-state index contributed by atoms with van der Waals surface area (Å²) in [6, 6.07) is 3.15. The number of rotatable bonds is 5. The molecule has 0 bridgehead atoms. The molecule has 1 aromatic rings. The lowest BCUT2D eigenvalue weighted by Gasteiger charge is -2.03. The van der Waals surface area contributed by atoms with Crippen LogP contribution in [0.15, 0.2) is 18.2 Å². The van der Waals surface area contributed by atoms with E-state index < -0.39 is 17.6 Å². The van der Waals surface area contributed by atoms with Gasteiger partial charge in [-0.25, -0.2) is 4.39 Å². The number of aromatic hydroxyl groups is 1. The van der Waals surface area contributed by atoms with Gasteiger partial charge >= 0.3 is 5.97 Å². The van der Waals surface area contributed by atoms with E-state index in [1.807, 2.05) is 0 Å². The predicted octanol–water partition coefficient (Wildman–Crippen LogP) is 1.62. The van der Waals surface area contributed by atoms with Gasteiger partial charge in [0.2, 0.25) is 0 Å². The second kappa shape index (κ2) is 6.24. The fraction of sp³-hybridized carbons (Fsp3) is 0.273. The number of methoxy groups -OCH3 is 1. The third-order valence-corrected chi connectivity index (χ3v) is 2.85. The Morgan fingerprint density at radius 2 is 2.12 bits per heavy atom. The highest BCUT2D eigenvalue weighted by atomic mass is 32.2. The number of hydrogen-bond acceptors (Lipinski definition) is 5. The van der Waals surface area contributed by atoms with Crippen LogP contribution in [0.3, 0.4) is 0 Å². The first-order chi connectivity index (χ1) is 8.04. The molecule has 0 amide bonds. The van der Waals surface area contributed by atoms with Gasteiger partial charge in [0.25, 0.3) is 0 Å². The lowest BCUT2D eigenvalue weighted by molar-refractivity contribution is -0.137. The van der Waals surface area contributed by atoms with Crippen molar-refractivity contribution < 1.29 is 23.8 Å². The van der Waals surface area contributed by atoms with Crippen molar-refractivity contribution in [1.29, 1.82) is 0 Å². The standard InChI is InChI=1S/C11H11FO4S/c1-16-11(15)6-17-5-10(14)8-4-7(12)2-3-9(8)13/h2-4,13H,5-6H2,1H3. The van der Waals surface area contributed by atoms with Crippen LogP contribution in [0.4, 0.5) is 4.39 Å². The Kier molecular flexibility index (Phi) is 4.96. The molecule has 0 aromatic heterocycles. The first kappa shape index (κ1) is 13.5. The Labute approximate surface area is 102 Å². The van der Waals surface area contributed by atoms with Gasteiger partial charge in [0.05, 0.1) is 24.2 Å². The predicted molar refractivity (Wildman–Crippen MR) is 61.7 cm³/mol. The minimum absolute atomic E-state index is 0.0217. The normalized spacial score (nSPS) is 10.0. The van der Waals surface area contributed by atoms with Gasteiger partial charge in [-0.1, -0.05) is 0 Å². The molecule has 17 heavy (non-hydrogen) atoms. The average molecular weight is 258 g/mol. The third kappa shape index (κ3) is 4.07. The minimum atomic E-state index is -0.593. The number of hydrogen-bond donors (Lipinski definition) is 1. The van der Waals surface area contributed by atoms with Crippen LogP contribution in [0, 0.1) is 5.82 Å². The molecule has 0 aliphatic carbocycles. The molecular formula is C11H11FO4S. The molecule has 0 aliphatic heterocycles. The van der Waals surface area contributed by atoms with E-state index in [2.05, 4.69) is 4.74 Å².